The van der Waals surface area contributed by atoms with Gasteiger partial charge in [0.2, 0.25) is 9.39 Å². The minimum atomic E-state index is -1.28. The Morgan fingerprint density at radius 3 is 1.83 bits per heavy atom. The molecular formula is C19H18Br2O2. The fraction of sp³-hybridized carbons (Fsp3) is 0.263. The molecule has 4 heteroatoms. The molecule has 0 fully saturated rings. The summed E-state index contributed by atoms with van der Waals surface area (Å²) in [4.78, 5) is 25.3. The largest absolute Gasteiger partial charge is 0.285 e. The molecule has 2 aromatic rings. The van der Waals surface area contributed by atoms with Crippen LogP contribution < -0.4 is 0 Å². The molecule has 0 radical (unpaired) electrons. The maximum absolute atomic E-state index is 12.7. The van der Waals surface area contributed by atoms with Gasteiger partial charge in [0.1, 0.15) is 5.41 Å². The summed E-state index contributed by atoms with van der Waals surface area (Å²) in [6.45, 7) is 2.06. The van der Waals surface area contributed by atoms with Gasteiger partial charge >= 0.3 is 0 Å². The van der Waals surface area contributed by atoms with E-state index < -0.39 is 5.41 Å². The molecule has 1 unspecified atom stereocenters. The van der Waals surface area contributed by atoms with Gasteiger partial charge in [-0.2, -0.15) is 0 Å². The molecule has 0 spiro atoms. The SMILES string of the molecule is CCCC(c1ccccc1)C(C(=O)Br)(C(=O)Br)c1ccccc1. The van der Waals surface area contributed by atoms with Crippen molar-refractivity contribution in [1.82, 2.24) is 0 Å². The molecule has 2 nitrogen and oxygen atoms in total. The average molecular weight is 438 g/mol. The van der Waals surface area contributed by atoms with Gasteiger partial charge < -0.3 is 0 Å². The van der Waals surface area contributed by atoms with Crippen molar-refractivity contribution in [2.75, 3.05) is 0 Å². The van der Waals surface area contributed by atoms with E-state index >= 15 is 0 Å². The lowest BCUT2D eigenvalue weighted by atomic mass is 9.67. The highest BCUT2D eigenvalue weighted by atomic mass is 79.9. The fourth-order valence-electron chi connectivity index (χ4n) is 3.09. The predicted octanol–water partition coefficient (Wildman–Crippen LogP) is 5.35. The van der Waals surface area contributed by atoms with E-state index in [-0.39, 0.29) is 15.3 Å². The van der Waals surface area contributed by atoms with Crippen LogP contribution in [0.3, 0.4) is 0 Å². The number of benzene rings is 2. The monoisotopic (exact) mass is 436 g/mol. The molecule has 120 valence electrons. The van der Waals surface area contributed by atoms with Crippen LogP contribution in [-0.4, -0.2) is 9.39 Å². The standard InChI is InChI=1S/C19H18Br2O2/c1-2-9-16(14-10-5-3-6-11-14)19(17(20)22,18(21)23)15-12-7-4-8-13-15/h3-8,10-13,16H,2,9H2,1H3. The normalized spacial score (nSPS) is 12.7. The Morgan fingerprint density at radius 2 is 1.39 bits per heavy atom. The van der Waals surface area contributed by atoms with E-state index in [9.17, 15) is 9.59 Å². The second kappa shape index (κ2) is 8.02. The molecule has 2 aromatic carbocycles. The number of hydrogen-bond acceptors (Lipinski definition) is 2. The highest BCUT2D eigenvalue weighted by Crippen LogP contribution is 2.46. The minimum Gasteiger partial charge on any atom is -0.285 e. The minimum absolute atomic E-state index is 0.241. The summed E-state index contributed by atoms with van der Waals surface area (Å²) < 4.78 is -0.638. The lowest BCUT2D eigenvalue weighted by molar-refractivity contribution is -0.125. The topological polar surface area (TPSA) is 34.1 Å². The third-order valence-corrected chi connectivity index (χ3v) is 5.40. The Hall–Kier alpha value is -1.26. The van der Waals surface area contributed by atoms with Gasteiger partial charge in [0, 0.05) is 5.92 Å². The molecule has 0 aliphatic carbocycles. The van der Waals surface area contributed by atoms with Crippen LogP contribution in [0.1, 0.15) is 36.8 Å². The van der Waals surface area contributed by atoms with E-state index in [2.05, 4.69) is 38.8 Å². The van der Waals surface area contributed by atoms with E-state index in [1.165, 1.54) is 0 Å². The van der Waals surface area contributed by atoms with Crippen LogP contribution in [0.25, 0.3) is 0 Å². The zero-order chi connectivity index (χ0) is 16.9. The Bertz CT molecular complexity index is 654. The Labute approximate surface area is 153 Å². The molecule has 0 bridgehead atoms. The first kappa shape index (κ1) is 18.1. The van der Waals surface area contributed by atoms with Crippen LogP contribution >= 0.6 is 31.9 Å². The molecule has 0 saturated heterocycles. The summed E-state index contributed by atoms with van der Waals surface area (Å²) in [6, 6.07) is 19.0. The van der Waals surface area contributed by atoms with Gasteiger partial charge in [-0.25, -0.2) is 0 Å². The molecule has 1 atom stereocenters. The van der Waals surface area contributed by atoms with Crippen molar-refractivity contribution in [2.45, 2.75) is 31.1 Å². The van der Waals surface area contributed by atoms with Gasteiger partial charge in [-0.1, -0.05) is 74.0 Å². The number of carbonyl (C=O) groups is 2. The Balaban J connectivity index is 2.73. The van der Waals surface area contributed by atoms with E-state index in [0.717, 1.165) is 18.4 Å². The Morgan fingerprint density at radius 1 is 0.913 bits per heavy atom. The second-order valence-electron chi connectivity index (χ2n) is 5.47. The number of halogens is 2. The molecule has 0 aliphatic rings. The lowest BCUT2D eigenvalue weighted by Crippen LogP contribution is -2.44. The molecule has 0 N–H and O–H groups in total. The van der Waals surface area contributed by atoms with Crippen molar-refractivity contribution in [3.63, 3.8) is 0 Å². The van der Waals surface area contributed by atoms with Gasteiger partial charge in [0.05, 0.1) is 0 Å². The average Bonchev–Trinajstić information content (AvgIpc) is 2.56. The van der Waals surface area contributed by atoms with Crippen molar-refractivity contribution in [3.8, 4) is 0 Å². The number of rotatable bonds is 7. The number of hydrogen-bond donors (Lipinski definition) is 0. The summed E-state index contributed by atoms with van der Waals surface area (Å²) in [7, 11) is 0. The molecule has 2 rings (SSSR count). The van der Waals surface area contributed by atoms with E-state index in [1.54, 1.807) is 0 Å². The van der Waals surface area contributed by atoms with Crippen molar-refractivity contribution in [3.05, 3.63) is 71.8 Å². The molecule has 0 amide bonds. The van der Waals surface area contributed by atoms with Gasteiger partial charge in [0.15, 0.2) is 0 Å². The van der Waals surface area contributed by atoms with Crippen LogP contribution in [0, 0.1) is 0 Å². The van der Waals surface area contributed by atoms with Crippen LogP contribution in [0.4, 0.5) is 0 Å². The smallest absolute Gasteiger partial charge is 0.217 e. The molecule has 0 saturated carbocycles. The lowest BCUT2D eigenvalue weighted by Gasteiger charge is -2.36. The summed E-state index contributed by atoms with van der Waals surface area (Å²) in [5.74, 6) is -0.241. The summed E-state index contributed by atoms with van der Waals surface area (Å²) in [5, 5.41) is 0. The predicted molar refractivity (Wildman–Crippen MR) is 100 cm³/mol. The first-order valence-corrected chi connectivity index (χ1v) is 9.14. The maximum Gasteiger partial charge on any atom is 0.217 e. The summed E-state index contributed by atoms with van der Waals surface area (Å²) in [6.07, 6.45) is 1.60. The number of carbonyl (C=O) groups excluding carboxylic acids is 2. The maximum atomic E-state index is 12.7. The van der Waals surface area contributed by atoms with Crippen LogP contribution in [0.15, 0.2) is 60.7 Å². The highest BCUT2D eigenvalue weighted by molar-refractivity contribution is 9.19. The van der Waals surface area contributed by atoms with E-state index in [4.69, 9.17) is 0 Å². The molecular weight excluding hydrogens is 420 g/mol. The molecule has 0 heterocycles. The Kier molecular flexibility index (Phi) is 6.31. The van der Waals surface area contributed by atoms with Crippen LogP contribution in [-0.2, 0) is 15.0 Å². The second-order valence-corrected chi connectivity index (χ2v) is 6.91. The van der Waals surface area contributed by atoms with Crippen LogP contribution in [0.5, 0.6) is 0 Å². The highest BCUT2D eigenvalue weighted by Gasteiger charge is 2.51. The van der Waals surface area contributed by atoms with Gasteiger partial charge in [-0.15, -0.1) is 0 Å². The van der Waals surface area contributed by atoms with Crippen molar-refractivity contribution in [2.24, 2.45) is 0 Å². The first-order chi connectivity index (χ1) is 11.0. The fourth-order valence-corrected chi connectivity index (χ4v) is 4.72. The zero-order valence-corrected chi connectivity index (χ0v) is 16.0. The third kappa shape index (κ3) is 3.48. The third-order valence-electron chi connectivity index (χ3n) is 4.15. The van der Waals surface area contributed by atoms with Crippen LogP contribution in [0.2, 0.25) is 0 Å². The van der Waals surface area contributed by atoms with Crippen molar-refractivity contribution < 1.29 is 9.59 Å². The summed E-state index contributed by atoms with van der Waals surface area (Å²) in [5.41, 5.74) is 0.406. The zero-order valence-electron chi connectivity index (χ0n) is 12.8. The van der Waals surface area contributed by atoms with E-state index in [0.29, 0.717) is 5.56 Å². The molecule has 0 aromatic heterocycles. The molecule has 0 aliphatic heterocycles. The van der Waals surface area contributed by atoms with Gasteiger partial charge in [-0.3, -0.25) is 9.59 Å². The summed E-state index contributed by atoms with van der Waals surface area (Å²) >= 11 is 6.23. The van der Waals surface area contributed by atoms with E-state index in [1.807, 2.05) is 60.7 Å². The quantitative estimate of drug-likeness (QED) is 0.432. The van der Waals surface area contributed by atoms with Crippen molar-refractivity contribution >= 4 is 41.2 Å². The molecule has 23 heavy (non-hydrogen) atoms. The van der Waals surface area contributed by atoms with Gasteiger partial charge in [0.25, 0.3) is 0 Å². The van der Waals surface area contributed by atoms with Crippen molar-refractivity contribution in [1.29, 1.82) is 0 Å². The van der Waals surface area contributed by atoms with Gasteiger partial charge in [-0.05, 0) is 49.4 Å². The first-order valence-electron chi connectivity index (χ1n) is 7.55.